The van der Waals surface area contributed by atoms with Gasteiger partial charge >= 0.3 is 0 Å². The first-order chi connectivity index (χ1) is 18.2. The van der Waals surface area contributed by atoms with Crippen molar-refractivity contribution in [2.45, 2.75) is 37.4 Å². The Morgan fingerprint density at radius 2 is 1.71 bits per heavy atom. The van der Waals surface area contributed by atoms with E-state index in [1.165, 1.54) is 12.1 Å². The van der Waals surface area contributed by atoms with Gasteiger partial charge in [0.05, 0.1) is 28.8 Å². The molecule has 1 aliphatic rings. The van der Waals surface area contributed by atoms with Gasteiger partial charge in [0.25, 0.3) is 15.9 Å². The summed E-state index contributed by atoms with van der Waals surface area (Å²) in [6.45, 7) is 5.26. The van der Waals surface area contributed by atoms with E-state index < -0.39 is 16.1 Å². The van der Waals surface area contributed by atoms with Crippen molar-refractivity contribution >= 4 is 21.6 Å². The van der Waals surface area contributed by atoms with Crippen molar-refractivity contribution in [1.82, 2.24) is 9.80 Å². The Morgan fingerprint density at radius 1 is 1.05 bits per heavy atom. The normalized spacial score (nSPS) is 18.8. The molecule has 0 fully saturated rings. The Kier molecular flexibility index (Phi) is 8.71. The summed E-state index contributed by atoms with van der Waals surface area (Å²) in [4.78, 5) is 17.5. The van der Waals surface area contributed by atoms with Crippen LogP contribution in [-0.4, -0.2) is 68.1 Å². The molecule has 0 bridgehead atoms. The van der Waals surface area contributed by atoms with E-state index in [2.05, 4.69) is 21.8 Å². The second-order valence-electron chi connectivity index (χ2n) is 9.91. The summed E-state index contributed by atoms with van der Waals surface area (Å²) < 4.78 is 35.5. The molecule has 0 saturated carbocycles. The molecule has 1 amide bonds. The number of aliphatic hydroxyl groups is 1. The van der Waals surface area contributed by atoms with E-state index in [4.69, 9.17) is 4.74 Å². The highest BCUT2D eigenvalue weighted by Crippen LogP contribution is 2.36. The van der Waals surface area contributed by atoms with E-state index in [0.29, 0.717) is 19.6 Å². The van der Waals surface area contributed by atoms with Crippen molar-refractivity contribution in [2.24, 2.45) is 5.92 Å². The highest BCUT2D eigenvalue weighted by Gasteiger charge is 2.35. The van der Waals surface area contributed by atoms with Gasteiger partial charge in [-0.2, -0.15) is 0 Å². The maximum atomic E-state index is 13.6. The molecule has 38 heavy (non-hydrogen) atoms. The highest BCUT2D eigenvalue weighted by atomic mass is 32.2. The number of nitrogens with one attached hydrogen (secondary N) is 1. The number of sulfonamides is 1. The van der Waals surface area contributed by atoms with Crippen LogP contribution in [0.15, 0.2) is 83.8 Å². The zero-order valence-corrected chi connectivity index (χ0v) is 22.8. The van der Waals surface area contributed by atoms with E-state index in [1.54, 1.807) is 48.2 Å². The first-order valence-corrected chi connectivity index (χ1v) is 14.2. The summed E-state index contributed by atoms with van der Waals surface area (Å²) in [6.07, 6.45) is -0.355. The quantitative estimate of drug-likeness (QED) is 0.430. The molecular weight excluding hydrogens is 502 g/mol. The van der Waals surface area contributed by atoms with Crippen LogP contribution in [0.25, 0.3) is 0 Å². The maximum Gasteiger partial charge on any atom is 0.262 e. The van der Waals surface area contributed by atoms with Crippen LogP contribution < -0.4 is 9.46 Å². The SMILES string of the molecule is C[C@@H]1CN([C@H](C)CO)C(=O)c2cccc(NS(=O)(=O)c3ccccc3)c2O[C@@H]1CN(C)Cc1ccccc1. The van der Waals surface area contributed by atoms with E-state index in [-0.39, 0.29) is 46.4 Å². The predicted molar refractivity (Wildman–Crippen MR) is 148 cm³/mol. The van der Waals surface area contributed by atoms with Gasteiger partial charge in [0.15, 0.2) is 5.75 Å². The number of anilines is 1. The third-order valence-electron chi connectivity index (χ3n) is 6.78. The van der Waals surface area contributed by atoms with Gasteiger partial charge in [-0.15, -0.1) is 0 Å². The van der Waals surface area contributed by atoms with Crippen molar-refractivity contribution in [2.75, 3.05) is 31.5 Å². The van der Waals surface area contributed by atoms with Crippen molar-refractivity contribution in [3.63, 3.8) is 0 Å². The van der Waals surface area contributed by atoms with Crippen LogP contribution in [0, 0.1) is 5.92 Å². The minimum absolute atomic E-state index is 0.0990. The minimum atomic E-state index is -3.92. The number of rotatable bonds is 9. The zero-order chi connectivity index (χ0) is 27.3. The van der Waals surface area contributed by atoms with Gasteiger partial charge in [-0.3, -0.25) is 14.4 Å². The molecule has 2 N–H and O–H groups in total. The fraction of sp³-hybridized carbons (Fsp3) is 0.345. The number of hydrogen-bond donors (Lipinski definition) is 2. The molecular formula is C29H35N3O5S. The summed E-state index contributed by atoms with van der Waals surface area (Å²) >= 11 is 0. The minimum Gasteiger partial charge on any atom is -0.486 e. The van der Waals surface area contributed by atoms with Crippen molar-refractivity contribution in [3.8, 4) is 5.75 Å². The Balaban J connectivity index is 1.71. The summed E-state index contributed by atoms with van der Waals surface area (Å²) in [5.74, 6) is -0.222. The van der Waals surface area contributed by atoms with Crippen LogP contribution in [0.1, 0.15) is 29.8 Å². The van der Waals surface area contributed by atoms with Crippen molar-refractivity contribution < 1.29 is 23.1 Å². The number of aliphatic hydroxyl groups excluding tert-OH is 1. The lowest BCUT2D eigenvalue weighted by Gasteiger charge is -2.38. The number of amides is 1. The number of ether oxygens (including phenoxy) is 1. The van der Waals surface area contributed by atoms with Crippen LogP contribution in [0.2, 0.25) is 0 Å². The maximum absolute atomic E-state index is 13.6. The zero-order valence-electron chi connectivity index (χ0n) is 21.9. The molecule has 0 aliphatic carbocycles. The Labute approximate surface area is 224 Å². The van der Waals surface area contributed by atoms with Gasteiger partial charge in [0.2, 0.25) is 0 Å². The molecule has 3 atom stereocenters. The van der Waals surface area contributed by atoms with Gasteiger partial charge in [-0.1, -0.05) is 61.5 Å². The highest BCUT2D eigenvalue weighted by molar-refractivity contribution is 7.92. The summed E-state index contributed by atoms with van der Waals surface area (Å²) in [5, 5.41) is 9.89. The van der Waals surface area contributed by atoms with Crippen LogP contribution >= 0.6 is 0 Å². The van der Waals surface area contributed by atoms with Crippen LogP contribution in [0.4, 0.5) is 5.69 Å². The summed E-state index contributed by atoms with van der Waals surface area (Å²) in [6, 6.07) is 22.6. The Morgan fingerprint density at radius 3 is 2.37 bits per heavy atom. The monoisotopic (exact) mass is 537 g/mol. The molecule has 202 valence electrons. The lowest BCUT2D eigenvalue weighted by atomic mass is 9.99. The number of nitrogens with zero attached hydrogens (tertiary/aromatic N) is 2. The number of benzene rings is 3. The predicted octanol–water partition coefficient (Wildman–Crippen LogP) is 3.84. The Bertz CT molecular complexity index is 1330. The lowest BCUT2D eigenvalue weighted by Crippen LogP contribution is -2.49. The summed E-state index contributed by atoms with van der Waals surface area (Å²) in [7, 11) is -1.91. The molecule has 3 aromatic rings. The first-order valence-electron chi connectivity index (χ1n) is 12.7. The largest absolute Gasteiger partial charge is 0.486 e. The Hall–Kier alpha value is -3.40. The third kappa shape index (κ3) is 6.35. The van der Waals surface area contributed by atoms with Crippen molar-refractivity contribution in [3.05, 3.63) is 90.0 Å². The number of para-hydroxylation sites is 1. The van der Waals surface area contributed by atoms with Gasteiger partial charge in [0.1, 0.15) is 6.10 Å². The lowest BCUT2D eigenvalue weighted by molar-refractivity contribution is 0.0344. The molecule has 1 heterocycles. The van der Waals surface area contributed by atoms with Crippen molar-refractivity contribution in [1.29, 1.82) is 0 Å². The second-order valence-corrected chi connectivity index (χ2v) is 11.6. The molecule has 0 unspecified atom stereocenters. The van der Waals surface area contributed by atoms with Crippen LogP contribution in [-0.2, 0) is 16.6 Å². The number of fused-ring (bicyclic) bond motifs is 1. The van der Waals surface area contributed by atoms with Gasteiger partial charge in [-0.25, -0.2) is 8.42 Å². The van der Waals surface area contributed by atoms with Gasteiger partial charge in [0, 0.05) is 25.6 Å². The molecule has 8 nitrogen and oxygen atoms in total. The van der Waals surface area contributed by atoms with E-state index >= 15 is 0 Å². The van der Waals surface area contributed by atoms with Crippen LogP contribution in [0.5, 0.6) is 5.75 Å². The molecule has 0 radical (unpaired) electrons. The fourth-order valence-electron chi connectivity index (χ4n) is 4.61. The molecule has 4 rings (SSSR count). The molecule has 0 spiro atoms. The molecule has 9 heteroatoms. The molecule has 3 aromatic carbocycles. The first kappa shape index (κ1) is 27.6. The number of likely N-dealkylation sites (N-methyl/N-ethyl adjacent to an activating group) is 1. The fourth-order valence-corrected chi connectivity index (χ4v) is 5.70. The average Bonchev–Trinajstić information content (AvgIpc) is 2.91. The van der Waals surface area contributed by atoms with E-state index in [1.807, 2.05) is 32.2 Å². The molecule has 0 saturated heterocycles. The number of carbonyl (C=O) groups excluding carboxylic acids is 1. The third-order valence-corrected chi connectivity index (χ3v) is 8.16. The van der Waals surface area contributed by atoms with Gasteiger partial charge < -0.3 is 14.7 Å². The van der Waals surface area contributed by atoms with Crippen LogP contribution in [0.3, 0.4) is 0 Å². The molecule has 1 aliphatic heterocycles. The van der Waals surface area contributed by atoms with Gasteiger partial charge in [-0.05, 0) is 43.8 Å². The smallest absolute Gasteiger partial charge is 0.262 e. The average molecular weight is 538 g/mol. The summed E-state index contributed by atoms with van der Waals surface area (Å²) in [5.41, 5.74) is 1.61. The number of carbonyl (C=O) groups is 1. The molecule has 0 aromatic heterocycles. The van der Waals surface area contributed by atoms with E-state index in [9.17, 15) is 18.3 Å². The number of hydrogen-bond acceptors (Lipinski definition) is 6. The second kappa shape index (κ2) is 12.0. The standard InChI is InChI=1S/C29H35N3O5S/c1-21-17-32(22(2)20-33)29(34)25-15-10-16-26(30-38(35,36)24-13-8-5-9-14-24)28(25)37-27(21)19-31(3)18-23-11-6-4-7-12-23/h4-16,21-22,27,30,33H,17-20H2,1-3H3/t21-,22-,27-/m1/s1. The van der Waals surface area contributed by atoms with E-state index in [0.717, 1.165) is 5.56 Å². The topological polar surface area (TPSA) is 99.2 Å².